The molecular weight excluding hydrogens is 256 g/mol. The SMILES string of the molecule is CCOCc1nc(NC)cc(NC2CCC(OC)C2)n1. The standard InChI is InChI=1S/C14H24N4O2/c1-4-20-9-14-17-12(15-2)8-13(18-14)16-10-5-6-11(7-10)19-3/h8,10-11H,4-7,9H2,1-3H3,(H2,15,16,17,18). The molecule has 0 aromatic carbocycles. The average molecular weight is 280 g/mol. The Morgan fingerprint density at radius 1 is 1.30 bits per heavy atom. The minimum absolute atomic E-state index is 0.362. The van der Waals surface area contributed by atoms with E-state index in [9.17, 15) is 0 Å². The van der Waals surface area contributed by atoms with Crippen LogP contribution < -0.4 is 10.6 Å². The Morgan fingerprint density at radius 3 is 2.75 bits per heavy atom. The zero-order chi connectivity index (χ0) is 14.4. The Labute approximate surface area is 120 Å². The Hall–Kier alpha value is -1.40. The third kappa shape index (κ3) is 4.05. The molecule has 1 saturated carbocycles. The van der Waals surface area contributed by atoms with Crippen LogP contribution in [0.2, 0.25) is 0 Å². The van der Waals surface area contributed by atoms with E-state index in [-0.39, 0.29) is 0 Å². The summed E-state index contributed by atoms with van der Waals surface area (Å²) in [5, 5.41) is 6.53. The Bertz CT molecular complexity index is 428. The molecule has 0 bridgehead atoms. The lowest BCUT2D eigenvalue weighted by Gasteiger charge is -2.15. The van der Waals surface area contributed by atoms with Gasteiger partial charge in [0.15, 0.2) is 5.82 Å². The van der Waals surface area contributed by atoms with E-state index in [0.717, 1.165) is 30.9 Å². The minimum Gasteiger partial charge on any atom is -0.381 e. The lowest BCUT2D eigenvalue weighted by Crippen LogP contribution is -2.19. The lowest BCUT2D eigenvalue weighted by atomic mass is 10.2. The van der Waals surface area contributed by atoms with Gasteiger partial charge in [0, 0.05) is 32.9 Å². The van der Waals surface area contributed by atoms with Crippen molar-refractivity contribution >= 4 is 11.6 Å². The van der Waals surface area contributed by atoms with Crippen LogP contribution in [0.1, 0.15) is 32.0 Å². The number of aromatic nitrogens is 2. The molecule has 2 atom stereocenters. The first-order valence-corrected chi connectivity index (χ1v) is 7.18. The number of hydrogen-bond donors (Lipinski definition) is 2. The maximum atomic E-state index is 5.40. The van der Waals surface area contributed by atoms with E-state index >= 15 is 0 Å². The second-order valence-electron chi connectivity index (χ2n) is 4.95. The van der Waals surface area contributed by atoms with Crippen LogP contribution in [0.4, 0.5) is 11.6 Å². The fraction of sp³-hybridized carbons (Fsp3) is 0.714. The van der Waals surface area contributed by atoms with Crippen LogP contribution in [0.5, 0.6) is 0 Å². The highest BCUT2D eigenvalue weighted by atomic mass is 16.5. The molecule has 2 N–H and O–H groups in total. The van der Waals surface area contributed by atoms with Crippen molar-refractivity contribution in [3.63, 3.8) is 0 Å². The molecule has 1 fully saturated rings. The number of anilines is 2. The number of nitrogens with zero attached hydrogens (tertiary/aromatic N) is 2. The second-order valence-corrected chi connectivity index (χ2v) is 4.95. The Morgan fingerprint density at radius 2 is 2.10 bits per heavy atom. The summed E-state index contributed by atoms with van der Waals surface area (Å²) in [6.07, 6.45) is 3.60. The average Bonchev–Trinajstić information content (AvgIpc) is 2.92. The molecule has 1 aromatic heterocycles. The van der Waals surface area contributed by atoms with Crippen molar-refractivity contribution in [3.8, 4) is 0 Å². The summed E-state index contributed by atoms with van der Waals surface area (Å²) in [5.41, 5.74) is 0. The van der Waals surface area contributed by atoms with Crippen LogP contribution in [-0.4, -0.2) is 42.9 Å². The molecule has 6 heteroatoms. The number of methoxy groups -OCH3 is 1. The number of rotatable bonds is 7. The van der Waals surface area contributed by atoms with Crippen LogP contribution in [0.15, 0.2) is 6.07 Å². The van der Waals surface area contributed by atoms with Crippen molar-refractivity contribution in [2.45, 2.75) is 44.9 Å². The van der Waals surface area contributed by atoms with Crippen LogP contribution in [-0.2, 0) is 16.1 Å². The first kappa shape index (κ1) is 15.0. The van der Waals surface area contributed by atoms with E-state index in [1.807, 2.05) is 20.0 Å². The van der Waals surface area contributed by atoms with Crippen LogP contribution in [0.3, 0.4) is 0 Å². The van der Waals surface area contributed by atoms with Gasteiger partial charge in [0.1, 0.15) is 18.2 Å². The van der Waals surface area contributed by atoms with Gasteiger partial charge < -0.3 is 20.1 Å². The highest BCUT2D eigenvalue weighted by Crippen LogP contribution is 2.24. The molecule has 1 aromatic rings. The number of nitrogens with one attached hydrogen (secondary N) is 2. The topological polar surface area (TPSA) is 68.3 Å². The van der Waals surface area contributed by atoms with Gasteiger partial charge in [0.2, 0.25) is 0 Å². The molecule has 20 heavy (non-hydrogen) atoms. The van der Waals surface area contributed by atoms with Gasteiger partial charge >= 0.3 is 0 Å². The summed E-state index contributed by atoms with van der Waals surface area (Å²) >= 11 is 0. The van der Waals surface area contributed by atoms with Crippen molar-refractivity contribution < 1.29 is 9.47 Å². The molecule has 2 unspecified atom stereocenters. The van der Waals surface area contributed by atoms with Gasteiger partial charge in [-0.2, -0.15) is 0 Å². The van der Waals surface area contributed by atoms with Gasteiger partial charge in [-0.3, -0.25) is 0 Å². The van der Waals surface area contributed by atoms with E-state index in [4.69, 9.17) is 9.47 Å². The Balaban J connectivity index is 2.02. The smallest absolute Gasteiger partial charge is 0.158 e. The molecule has 2 rings (SSSR count). The van der Waals surface area contributed by atoms with Gasteiger partial charge in [0.25, 0.3) is 0 Å². The highest BCUT2D eigenvalue weighted by Gasteiger charge is 2.24. The maximum Gasteiger partial charge on any atom is 0.158 e. The van der Waals surface area contributed by atoms with Gasteiger partial charge in [-0.1, -0.05) is 0 Å². The first-order chi connectivity index (χ1) is 9.75. The van der Waals surface area contributed by atoms with Crippen LogP contribution in [0, 0.1) is 0 Å². The molecule has 0 radical (unpaired) electrons. The third-order valence-corrected chi connectivity index (χ3v) is 3.53. The van der Waals surface area contributed by atoms with Crippen molar-refractivity contribution in [2.24, 2.45) is 0 Å². The summed E-state index contributed by atoms with van der Waals surface area (Å²) in [4.78, 5) is 8.89. The molecule has 1 aliphatic carbocycles. The summed E-state index contributed by atoms with van der Waals surface area (Å²) < 4.78 is 10.8. The van der Waals surface area contributed by atoms with Crippen LogP contribution >= 0.6 is 0 Å². The van der Waals surface area contributed by atoms with Gasteiger partial charge in [-0.05, 0) is 26.2 Å². The number of hydrogen-bond acceptors (Lipinski definition) is 6. The molecule has 0 amide bonds. The van der Waals surface area contributed by atoms with E-state index in [1.54, 1.807) is 7.11 Å². The normalized spacial score (nSPS) is 21.9. The second kappa shape index (κ2) is 7.40. The fourth-order valence-electron chi connectivity index (χ4n) is 2.45. The Kier molecular flexibility index (Phi) is 5.55. The predicted octanol–water partition coefficient (Wildman–Crippen LogP) is 2.03. The van der Waals surface area contributed by atoms with E-state index in [2.05, 4.69) is 20.6 Å². The summed E-state index contributed by atoms with van der Waals surface area (Å²) in [6, 6.07) is 2.34. The van der Waals surface area contributed by atoms with Crippen LogP contribution in [0.25, 0.3) is 0 Å². The zero-order valence-corrected chi connectivity index (χ0v) is 12.5. The highest BCUT2D eigenvalue weighted by molar-refractivity contribution is 5.47. The van der Waals surface area contributed by atoms with Gasteiger partial charge in [-0.15, -0.1) is 0 Å². The summed E-state index contributed by atoms with van der Waals surface area (Å²) in [7, 11) is 3.63. The summed E-state index contributed by atoms with van der Waals surface area (Å²) in [5.74, 6) is 2.35. The quantitative estimate of drug-likeness (QED) is 0.796. The first-order valence-electron chi connectivity index (χ1n) is 7.18. The van der Waals surface area contributed by atoms with Crippen molar-refractivity contribution in [2.75, 3.05) is 31.4 Å². The summed E-state index contributed by atoms with van der Waals surface area (Å²) in [6.45, 7) is 3.06. The molecule has 1 heterocycles. The fourth-order valence-corrected chi connectivity index (χ4v) is 2.45. The predicted molar refractivity (Wildman–Crippen MR) is 79.0 cm³/mol. The molecule has 0 aliphatic heterocycles. The van der Waals surface area contributed by atoms with Crippen molar-refractivity contribution in [3.05, 3.63) is 11.9 Å². The largest absolute Gasteiger partial charge is 0.381 e. The van der Waals surface area contributed by atoms with E-state index in [1.165, 1.54) is 0 Å². The molecular formula is C14H24N4O2. The zero-order valence-electron chi connectivity index (χ0n) is 12.5. The van der Waals surface area contributed by atoms with Gasteiger partial charge in [-0.25, -0.2) is 9.97 Å². The molecule has 0 saturated heterocycles. The van der Waals surface area contributed by atoms with E-state index in [0.29, 0.717) is 31.2 Å². The number of ether oxygens (including phenoxy) is 2. The van der Waals surface area contributed by atoms with Crippen molar-refractivity contribution in [1.29, 1.82) is 0 Å². The molecule has 6 nitrogen and oxygen atoms in total. The minimum atomic E-state index is 0.362. The molecule has 112 valence electrons. The van der Waals surface area contributed by atoms with Gasteiger partial charge in [0.05, 0.1) is 6.10 Å². The van der Waals surface area contributed by atoms with E-state index < -0.39 is 0 Å². The molecule has 1 aliphatic rings. The lowest BCUT2D eigenvalue weighted by molar-refractivity contribution is 0.108. The molecule has 0 spiro atoms. The van der Waals surface area contributed by atoms with Crippen molar-refractivity contribution in [1.82, 2.24) is 9.97 Å². The maximum absolute atomic E-state index is 5.40. The monoisotopic (exact) mass is 280 g/mol. The third-order valence-electron chi connectivity index (χ3n) is 3.53.